The fraction of sp³-hybridized carbons (Fsp3) is 0.222. The van der Waals surface area contributed by atoms with E-state index in [4.69, 9.17) is 4.74 Å². The first-order valence-electron chi connectivity index (χ1n) is 7.36. The van der Waals surface area contributed by atoms with Gasteiger partial charge >= 0.3 is 0 Å². The highest BCUT2D eigenvalue weighted by Crippen LogP contribution is 2.23. The first-order valence-corrected chi connectivity index (χ1v) is 7.36. The van der Waals surface area contributed by atoms with E-state index in [2.05, 4.69) is 10.3 Å². The minimum Gasteiger partial charge on any atom is -0.497 e. The summed E-state index contributed by atoms with van der Waals surface area (Å²) in [4.78, 5) is 3.25. The molecule has 1 aromatic heterocycles. The van der Waals surface area contributed by atoms with Crippen molar-refractivity contribution >= 4 is 10.9 Å². The van der Waals surface area contributed by atoms with Crippen LogP contribution in [0.15, 0.2) is 48.7 Å². The summed E-state index contributed by atoms with van der Waals surface area (Å²) in [6.45, 7) is 1.47. The standard InChI is InChI=1S/C18H19FN2O/c1-22-15-6-7-18-16(10-15)14(12-21-18)11-20-9-8-13-4-2-3-5-17(13)19/h2-7,10,12,20-21H,8-9,11H2,1H3. The van der Waals surface area contributed by atoms with Gasteiger partial charge in [0.05, 0.1) is 7.11 Å². The predicted molar refractivity (Wildman–Crippen MR) is 86.7 cm³/mol. The molecule has 0 aliphatic carbocycles. The molecular weight excluding hydrogens is 279 g/mol. The number of nitrogens with one attached hydrogen (secondary N) is 2. The molecule has 0 fully saturated rings. The van der Waals surface area contributed by atoms with E-state index in [0.29, 0.717) is 6.42 Å². The van der Waals surface area contributed by atoms with Gasteiger partial charge in [0.2, 0.25) is 0 Å². The molecule has 2 N–H and O–H groups in total. The maximum atomic E-state index is 13.5. The van der Waals surface area contributed by atoms with Gasteiger partial charge in [0, 0.05) is 23.6 Å². The van der Waals surface area contributed by atoms with Crippen molar-refractivity contribution in [3.63, 3.8) is 0 Å². The van der Waals surface area contributed by atoms with Crippen LogP contribution < -0.4 is 10.1 Å². The van der Waals surface area contributed by atoms with Gasteiger partial charge in [-0.1, -0.05) is 18.2 Å². The Labute approximate surface area is 129 Å². The van der Waals surface area contributed by atoms with Crippen molar-refractivity contribution in [2.75, 3.05) is 13.7 Å². The molecule has 0 aliphatic rings. The van der Waals surface area contributed by atoms with Crippen molar-refractivity contribution in [3.8, 4) is 5.75 Å². The molecular formula is C18H19FN2O. The van der Waals surface area contributed by atoms with E-state index in [1.165, 1.54) is 11.6 Å². The third kappa shape index (κ3) is 3.12. The lowest BCUT2D eigenvalue weighted by molar-refractivity contribution is 0.415. The molecule has 114 valence electrons. The van der Waals surface area contributed by atoms with Crippen molar-refractivity contribution in [1.29, 1.82) is 0 Å². The molecule has 4 heteroatoms. The Morgan fingerprint density at radius 3 is 2.82 bits per heavy atom. The normalized spacial score (nSPS) is 11.0. The van der Waals surface area contributed by atoms with Crippen LogP contribution in [0.25, 0.3) is 10.9 Å². The number of hydrogen-bond acceptors (Lipinski definition) is 2. The number of hydrogen-bond donors (Lipinski definition) is 2. The van der Waals surface area contributed by atoms with E-state index in [9.17, 15) is 4.39 Å². The number of fused-ring (bicyclic) bond motifs is 1. The summed E-state index contributed by atoms with van der Waals surface area (Å²) in [5.41, 5.74) is 3.02. The Morgan fingerprint density at radius 1 is 1.14 bits per heavy atom. The van der Waals surface area contributed by atoms with Gasteiger partial charge in [-0.15, -0.1) is 0 Å². The molecule has 0 radical (unpaired) electrons. The van der Waals surface area contributed by atoms with Gasteiger partial charge in [-0.05, 0) is 48.4 Å². The van der Waals surface area contributed by atoms with Crippen molar-refractivity contribution in [2.24, 2.45) is 0 Å². The Morgan fingerprint density at radius 2 is 2.00 bits per heavy atom. The Bertz CT molecular complexity index is 767. The summed E-state index contributed by atoms with van der Waals surface area (Å²) in [6, 6.07) is 12.9. The smallest absolute Gasteiger partial charge is 0.126 e. The molecule has 0 atom stereocenters. The van der Waals surface area contributed by atoms with Crippen molar-refractivity contribution in [2.45, 2.75) is 13.0 Å². The Kier molecular flexibility index (Phi) is 4.39. The predicted octanol–water partition coefficient (Wildman–Crippen LogP) is 3.65. The minimum atomic E-state index is -0.138. The number of rotatable bonds is 6. The monoisotopic (exact) mass is 298 g/mol. The maximum absolute atomic E-state index is 13.5. The van der Waals surface area contributed by atoms with E-state index in [0.717, 1.165) is 35.3 Å². The van der Waals surface area contributed by atoms with Crippen LogP contribution in [0.1, 0.15) is 11.1 Å². The van der Waals surface area contributed by atoms with E-state index in [1.807, 2.05) is 36.5 Å². The highest BCUT2D eigenvalue weighted by atomic mass is 19.1. The second-order valence-corrected chi connectivity index (χ2v) is 5.24. The van der Waals surface area contributed by atoms with Crippen LogP contribution in [0.5, 0.6) is 5.75 Å². The SMILES string of the molecule is COc1ccc2[nH]cc(CNCCc3ccccc3F)c2c1. The average molecular weight is 298 g/mol. The van der Waals surface area contributed by atoms with E-state index in [1.54, 1.807) is 13.2 Å². The highest BCUT2D eigenvalue weighted by molar-refractivity contribution is 5.84. The molecule has 3 aromatic rings. The first kappa shape index (κ1) is 14.6. The van der Waals surface area contributed by atoms with Gasteiger partial charge in [0.25, 0.3) is 0 Å². The molecule has 22 heavy (non-hydrogen) atoms. The number of ether oxygens (including phenoxy) is 1. The summed E-state index contributed by atoms with van der Waals surface area (Å²) < 4.78 is 18.8. The molecule has 3 rings (SSSR count). The lowest BCUT2D eigenvalue weighted by atomic mass is 10.1. The third-order valence-corrected chi connectivity index (χ3v) is 3.82. The van der Waals surface area contributed by atoms with Gasteiger partial charge < -0.3 is 15.0 Å². The van der Waals surface area contributed by atoms with E-state index in [-0.39, 0.29) is 5.82 Å². The zero-order valence-corrected chi connectivity index (χ0v) is 12.5. The summed E-state index contributed by atoms with van der Waals surface area (Å²) in [6.07, 6.45) is 2.68. The Hall–Kier alpha value is -2.33. The van der Waals surface area contributed by atoms with Crippen molar-refractivity contribution in [1.82, 2.24) is 10.3 Å². The molecule has 1 heterocycles. The third-order valence-electron chi connectivity index (χ3n) is 3.82. The molecule has 0 unspecified atom stereocenters. The topological polar surface area (TPSA) is 37.0 Å². The number of benzene rings is 2. The van der Waals surface area contributed by atoms with Crippen LogP contribution >= 0.6 is 0 Å². The summed E-state index contributed by atoms with van der Waals surface area (Å²) in [7, 11) is 1.67. The second kappa shape index (κ2) is 6.62. The van der Waals surface area contributed by atoms with Gasteiger partial charge in [-0.25, -0.2) is 4.39 Å². The minimum absolute atomic E-state index is 0.138. The second-order valence-electron chi connectivity index (χ2n) is 5.24. The van der Waals surface area contributed by atoms with Gasteiger partial charge in [0.15, 0.2) is 0 Å². The van der Waals surface area contributed by atoms with Crippen molar-refractivity contribution < 1.29 is 9.13 Å². The van der Waals surface area contributed by atoms with E-state index < -0.39 is 0 Å². The van der Waals surface area contributed by atoms with Crippen LogP contribution in [-0.4, -0.2) is 18.6 Å². The maximum Gasteiger partial charge on any atom is 0.126 e. The average Bonchev–Trinajstić information content (AvgIpc) is 2.95. The van der Waals surface area contributed by atoms with Crippen LogP contribution in [0.2, 0.25) is 0 Å². The molecule has 3 nitrogen and oxygen atoms in total. The molecule has 0 bridgehead atoms. The molecule has 0 aliphatic heterocycles. The van der Waals surface area contributed by atoms with Crippen LogP contribution in [0.3, 0.4) is 0 Å². The zero-order chi connectivity index (χ0) is 15.4. The summed E-state index contributed by atoms with van der Waals surface area (Å²) >= 11 is 0. The lowest BCUT2D eigenvalue weighted by Crippen LogP contribution is -2.16. The largest absolute Gasteiger partial charge is 0.497 e. The number of aromatic nitrogens is 1. The van der Waals surface area contributed by atoms with Crippen LogP contribution in [0.4, 0.5) is 4.39 Å². The number of aromatic amines is 1. The molecule has 2 aromatic carbocycles. The van der Waals surface area contributed by atoms with Crippen LogP contribution in [0, 0.1) is 5.82 Å². The fourth-order valence-corrected chi connectivity index (χ4v) is 2.58. The van der Waals surface area contributed by atoms with Crippen molar-refractivity contribution in [3.05, 3.63) is 65.6 Å². The lowest BCUT2D eigenvalue weighted by Gasteiger charge is -2.06. The van der Waals surface area contributed by atoms with Crippen LogP contribution in [-0.2, 0) is 13.0 Å². The molecule has 0 amide bonds. The number of halogens is 1. The number of methoxy groups -OCH3 is 1. The summed E-state index contributed by atoms with van der Waals surface area (Å²) in [5.74, 6) is 0.709. The summed E-state index contributed by atoms with van der Waals surface area (Å²) in [5, 5.41) is 4.52. The highest BCUT2D eigenvalue weighted by Gasteiger charge is 2.05. The molecule has 0 spiro atoms. The number of H-pyrrole nitrogens is 1. The quantitative estimate of drug-likeness (QED) is 0.682. The molecule has 0 saturated heterocycles. The Balaban J connectivity index is 1.61. The zero-order valence-electron chi connectivity index (χ0n) is 12.5. The van der Waals surface area contributed by atoms with Gasteiger partial charge in [-0.2, -0.15) is 0 Å². The fourth-order valence-electron chi connectivity index (χ4n) is 2.58. The van der Waals surface area contributed by atoms with Gasteiger partial charge in [0.1, 0.15) is 11.6 Å². The first-order chi connectivity index (χ1) is 10.8. The van der Waals surface area contributed by atoms with E-state index >= 15 is 0 Å². The van der Waals surface area contributed by atoms with Gasteiger partial charge in [-0.3, -0.25) is 0 Å². The molecule has 0 saturated carbocycles.